The van der Waals surface area contributed by atoms with Crippen molar-refractivity contribution in [3.05, 3.63) is 65.5 Å². The second-order valence-electron chi connectivity index (χ2n) is 10.1. The van der Waals surface area contributed by atoms with E-state index in [0.29, 0.717) is 23.1 Å². The number of para-hydroxylation sites is 1. The average molecular weight is 545 g/mol. The van der Waals surface area contributed by atoms with Crippen molar-refractivity contribution in [1.29, 1.82) is 0 Å². The first-order valence-electron chi connectivity index (χ1n) is 13.9. The number of aromatic nitrogens is 1. The van der Waals surface area contributed by atoms with Crippen LogP contribution < -0.4 is 9.64 Å². The summed E-state index contributed by atoms with van der Waals surface area (Å²) in [5.41, 5.74) is 4.32. The number of nitrogens with zero attached hydrogens (tertiary/aromatic N) is 4. The van der Waals surface area contributed by atoms with Gasteiger partial charge < -0.3 is 19.1 Å². The highest BCUT2D eigenvalue weighted by Crippen LogP contribution is 2.32. The fraction of sp³-hybridized carbons (Fsp3) is 0.387. The van der Waals surface area contributed by atoms with E-state index < -0.39 is 0 Å². The SMILES string of the molecule is CCOc1ccc(N2C(=O)/C(=C/c3cn(CC(=O)N4CCCCCC4)c4c(CC)cccc34)N(C)C2=S)cc1. The molecular formula is C31H36N4O3S. The van der Waals surface area contributed by atoms with Gasteiger partial charge in [-0.1, -0.05) is 38.0 Å². The molecule has 0 atom stereocenters. The highest BCUT2D eigenvalue weighted by atomic mass is 32.1. The van der Waals surface area contributed by atoms with E-state index in [1.54, 1.807) is 9.80 Å². The molecule has 39 heavy (non-hydrogen) atoms. The number of amides is 2. The third-order valence-electron chi connectivity index (χ3n) is 7.62. The number of benzene rings is 2. The van der Waals surface area contributed by atoms with Crippen molar-refractivity contribution in [3.8, 4) is 5.75 Å². The summed E-state index contributed by atoms with van der Waals surface area (Å²) in [6.45, 7) is 6.58. The fourth-order valence-electron chi connectivity index (χ4n) is 5.55. The topological polar surface area (TPSA) is 58.0 Å². The lowest BCUT2D eigenvalue weighted by atomic mass is 10.1. The number of anilines is 1. The maximum atomic E-state index is 13.7. The molecule has 0 bridgehead atoms. The Morgan fingerprint density at radius 3 is 2.41 bits per heavy atom. The van der Waals surface area contributed by atoms with Gasteiger partial charge in [0.2, 0.25) is 5.91 Å². The number of likely N-dealkylation sites (N-methyl/N-ethyl adjacent to an activating group) is 1. The Kier molecular flexibility index (Phi) is 8.02. The van der Waals surface area contributed by atoms with E-state index >= 15 is 0 Å². The Labute approximate surface area is 235 Å². The van der Waals surface area contributed by atoms with Crippen molar-refractivity contribution in [2.24, 2.45) is 0 Å². The molecule has 2 fully saturated rings. The monoisotopic (exact) mass is 544 g/mol. The zero-order valence-electron chi connectivity index (χ0n) is 23.0. The summed E-state index contributed by atoms with van der Waals surface area (Å²) in [6.07, 6.45) is 9.26. The van der Waals surface area contributed by atoms with Crippen molar-refractivity contribution in [2.45, 2.75) is 52.5 Å². The standard InChI is InChI=1S/C31H36N4O3S/c1-4-22-11-10-12-26-23(20-34(29(22)26)21-28(36)33-17-8-6-7-9-18-33)19-27-30(37)35(31(39)32(27)3)24-13-15-25(16-14-24)38-5-2/h10-16,19-20H,4-9,17-18,21H2,1-3H3/b27-19-. The second-order valence-corrected chi connectivity index (χ2v) is 10.5. The molecule has 0 N–H and O–H groups in total. The van der Waals surface area contributed by atoms with Gasteiger partial charge in [-0.15, -0.1) is 0 Å². The molecule has 0 spiro atoms. The Balaban J connectivity index is 1.50. The number of carbonyl (C=O) groups excluding carboxylic acids is 2. The molecular weight excluding hydrogens is 508 g/mol. The predicted molar refractivity (Wildman–Crippen MR) is 160 cm³/mol. The number of ether oxygens (including phenoxy) is 1. The maximum Gasteiger partial charge on any atom is 0.281 e. The molecule has 0 aliphatic carbocycles. The minimum absolute atomic E-state index is 0.149. The maximum absolute atomic E-state index is 13.7. The lowest BCUT2D eigenvalue weighted by molar-refractivity contribution is -0.131. The van der Waals surface area contributed by atoms with E-state index in [1.165, 1.54) is 18.4 Å². The molecule has 0 radical (unpaired) electrons. The Morgan fingerprint density at radius 1 is 1.03 bits per heavy atom. The van der Waals surface area contributed by atoms with E-state index in [2.05, 4.69) is 23.6 Å². The molecule has 0 unspecified atom stereocenters. The number of thiocarbonyl (C=S) groups is 1. The molecule has 2 saturated heterocycles. The number of hydrogen-bond acceptors (Lipinski definition) is 4. The summed E-state index contributed by atoms with van der Waals surface area (Å²) in [4.78, 5) is 32.3. The largest absolute Gasteiger partial charge is 0.494 e. The Hall–Kier alpha value is -3.65. The molecule has 5 rings (SSSR count). The first-order chi connectivity index (χ1) is 18.9. The molecule has 7 nitrogen and oxygen atoms in total. The minimum Gasteiger partial charge on any atom is -0.494 e. The number of carbonyl (C=O) groups is 2. The molecule has 3 heterocycles. The van der Waals surface area contributed by atoms with E-state index in [0.717, 1.165) is 54.6 Å². The van der Waals surface area contributed by atoms with Crippen LogP contribution in [0.1, 0.15) is 50.7 Å². The fourth-order valence-corrected chi connectivity index (χ4v) is 5.83. The number of likely N-dealkylation sites (tertiary alicyclic amines) is 1. The number of rotatable bonds is 7. The van der Waals surface area contributed by atoms with E-state index in [-0.39, 0.29) is 18.4 Å². The van der Waals surface area contributed by atoms with Crippen molar-refractivity contribution in [3.63, 3.8) is 0 Å². The van der Waals surface area contributed by atoms with Crippen molar-refractivity contribution < 1.29 is 14.3 Å². The zero-order chi connectivity index (χ0) is 27.5. The van der Waals surface area contributed by atoms with Crippen LogP contribution >= 0.6 is 12.2 Å². The third-order valence-corrected chi connectivity index (χ3v) is 8.07. The summed E-state index contributed by atoms with van der Waals surface area (Å²) < 4.78 is 7.61. The van der Waals surface area contributed by atoms with Gasteiger partial charge in [-0.05, 0) is 74.3 Å². The van der Waals surface area contributed by atoms with Gasteiger partial charge in [-0.25, -0.2) is 0 Å². The highest BCUT2D eigenvalue weighted by molar-refractivity contribution is 7.80. The van der Waals surface area contributed by atoms with Gasteiger partial charge in [0.1, 0.15) is 18.0 Å². The van der Waals surface area contributed by atoms with Crippen LogP contribution in [0.3, 0.4) is 0 Å². The van der Waals surface area contributed by atoms with Gasteiger partial charge in [0.25, 0.3) is 5.91 Å². The van der Waals surface area contributed by atoms with Crippen molar-refractivity contribution in [2.75, 3.05) is 31.6 Å². The van der Waals surface area contributed by atoms with Gasteiger partial charge in [-0.3, -0.25) is 14.5 Å². The molecule has 2 aliphatic rings. The molecule has 2 aromatic carbocycles. The molecule has 8 heteroatoms. The Bertz CT molecular complexity index is 1420. The number of fused-ring (bicyclic) bond motifs is 1. The second kappa shape index (κ2) is 11.6. The average Bonchev–Trinajstić information content (AvgIpc) is 3.22. The first kappa shape index (κ1) is 26.9. The molecule has 204 valence electrons. The normalized spacial score (nSPS) is 17.4. The van der Waals surface area contributed by atoms with E-state index in [4.69, 9.17) is 17.0 Å². The van der Waals surface area contributed by atoms with Crippen LogP contribution in [0.2, 0.25) is 0 Å². The first-order valence-corrected chi connectivity index (χ1v) is 14.3. The van der Waals surface area contributed by atoms with Gasteiger partial charge in [0, 0.05) is 37.3 Å². The molecule has 0 saturated carbocycles. The minimum atomic E-state index is -0.181. The lowest BCUT2D eigenvalue weighted by Crippen LogP contribution is -2.34. The van der Waals surface area contributed by atoms with Crippen molar-refractivity contribution >= 4 is 51.8 Å². The van der Waals surface area contributed by atoms with E-state index in [1.807, 2.05) is 61.5 Å². The van der Waals surface area contributed by atoms with Crippen LogP contribution in [-0.4, -0.2) is 58.0 Å². The molecule has 2 amide bonds. The molecule has 1 aromatic heterocycles. The third kappa shape index (κ3) is 5.30. The summed E-state index contributed by atoms with van der Waals surface area (Å²) in [5.74, 6) is 0.716. The number of hydrogen-bond donors (Lipinski definition) is 0. The van der Waals surface area contributed by atoms with Gasteiger partial charge in [0.15, 0.2) is 5.11 Å². The summed E-state index contributed by atoms with van der Waals surface area (Å²) in [5, 5.41) is 1.45. The molecule has 2 aliphatic heterocycles. The van der Waals surface area contributed by atoms with Gasteiger partial charge in [0.05, 0.1) is 17.8 Å². The Morgan fingerprint density at radius 2 is 1.74 bits per heavy atom. The van der Waals surface area contributed by atoms with Crippen LogP contribution in [-0.2, 0) is 22.6 Å². The number of aryl methyl sites for hydroxylation is 1. The molecule has 3 aromatic rings. The van der Waals surface area contributed by atoms with Crippen LogP contribution in [0, 0.1) is 0 Å². The van der Waals surface area contributed by atoms with Crippen LogP contribution in [0.4, 0.5) is 5.69 Å². The van der Waals surface area contributed by atoms with Crippen LogP contribution in [0.5, 0.6) is 5.75 Å². The summed E-state index contributed by atoms with van der Waals surface area (Å²) >= 11 is 5.68. The van der Waals surface area contributed by atoms with Gasteiger partial charge >= 0.3 is 0 Å². The quantitative estimate of drug-likeness (QED) is 0.286. The highest BCUT2D eigenvalue weighted by Gasteiger charge is 2.37. The smallest absolute Gasteiger partial charge is 0.281 e. The van der Waals surface area contributed by atoms with E-state index in [9.17, 15) is 9.59 Å². The summed E-state index contributed by atoms with van der Waals surface area (Å²) in [7, 11) is 1.82. The van der Waals surface area contributed by atoms with Crippen molar-refractivity contribution in [1.82, 2.24) is 14.4 Å². The van der Waals surface area contributed by atoms with Gasteiger partial charge in [-0.2, -0.15) is 0 Å². The predicted octanol–water partition coefficient (Wildman–Crippen LogP) is 5.61. The van der Waals surface area contributed by atoms with Crippen LogP contribution in [0.15, 0.2) is 54.4 Å². The zero-order valence-corrected chi connectivity index (χ0v) is 23.8. The lowest BCUT2D eigenvalue weighted by Gasteiger charge is -2.21. The van der Waals surface area contributed by atoms with Crippen LogP contribution in [0.25, 0.3) is 17.0 Å². The summed E-state index contributed by atoms with van der Waals surface area (Å²) in [6, 6.07) is 13.6.